The summed E-state index contributed by atoms with van der Waals surface area (Å²) in [5.41, 5.74) is 2.27. The lowest BCUT2D eigenvalue weighted by Gasteiger charge is -2.29. The molecule has 0 bridgehead atoms. The Labute approximate surface area is 168 Å². The van der Waals surface area contributed by atoms with E-state index in [9.17, 15) is 0 Å². The van der Waals surface area contributed by atoms with Gasteiger partial charge in [0.05, 0.1) is 32.4 Å². The van der Waals surface area contributed by atoms with Crippen molar-refractivity contribution in [2.75, 3.05) is 31.5 Å². The van der Waals surface area contributed by atoms with Crippen LogP contribution in [0.2, 0.25) is 0 Å². The third-order valence-corrected chi connectivity index (χ3v) is 5.90. The molecule has 3 rings (SSSR count). The Bertz CT molecular complexity index is 708. The van der Waals surface area contributed by atoms with E-state index in [0.29, 0.717) is 6.54 Å². The highest BCUT2D eigenvalue weighted by atomic mass is 32.1. The molecule has 0 atom stereocenters. The number of aryl methyl sites for hydroxylation is 1. The minimum atomic E-state index is 0.705. The maximum Gasteiger partial charge on any atom is 0.173 e. The fourth-order valence-electron chi connectivity index (χ4n) is 3.69. The fraction of sp³-hybridized carbons (Fsp3) is 0.500. The molecule has 1 aromatic carbocycles. The number of para-hydroxylation sites is 1. The molecule has 27 heavy (non-hydrogen) atoms. The largest absolute Gasteiger partial charge is 0.467 e. The number of quaternary nitrogens is 1. The monoisotopic (exact) mass is 386 g/mol. The van der Waals surface area contributed by atoms with Crippen LogP contribution in [0.1, 0.15) is 37.5 Å². The molecule has 0 radical (unpaired) electrons. The summed E-state index contributed by atoms with van der Waals surface area (Å²) in [5.74, 6) is 1.85. The molecule has 0 saturated carbocycles. The van der Waals surface area contributed by atoms with Crippen LogP contribution in [0, 0.1) is 12.8 Å². The molecule has 0 amide bonds. The fourth-order valence-corrected chi connectivity index (χ4v) is 3.96. The molecule has 1 fully saturated rings. The highest BCUT2D eigenvalue weighted by Gasteiger charge is 2.19. The van der Waals surface area contributed by atoms with Gasteiger partial charge in [0.2, 0.25) is 0 Å². The van der Waals surface area contributed by atoms with E-state index in [1.54, 1.807) is 11.2 Å². The van der Waals surface area contributed by atoms with Crippen LogP contribution < -0.4 is 10.2 Å². The number of hydrogen-bond acceptors (Lipinski definition) is 2. The van der Waals surface area contributed by atoms with Gasteiger partial charge in [-0.1, -0.05) is 25.1 Å². The predicted octanol–water partition coefficient (Wildman–Crippen LogP) is 3.49. The van der Waals surface area contributed by atoms with Crippen molar-refractivity contribution in [3.63, 3.8) is 0 Å². The average molecular weight is 387 g/mol. The Balaban J connectivity index is 1.56. The molecule has 2 aromatic rings. The zero-order valence-electron chi connectivity index (χ0n) is 16.5. The van der Waals surface area contributed by atoms with Crippen LogP contribution in [0.3, 0.4) is 0 Å². The minimum Gasteiger partial charge on any atom is -0.467 e. The van der Waals surface area contributed by atoms with Crippen LogP contribution in [0.25, 0.3) is 0 Å². The van der Waals surface area contributed by atoms with Crippen molar-refractivity contribution >= 4 is 23.0 Å². The van der Waals surface area contributed by atoms with Crippen LogP contribution >= 0.6 is 12.2 Å². The first kappa shape index (κ1) is 19.9. The van der Waals surface area contributed by atoms with E-state index < -0.39 is 0 Å². The Morgan fingerprint density at radius 1 is 1.22 bits per heavy atom. The average Bonchev–Trinajstić information content (AvgIpc) is 3.17. The van der Waals surface area contributed by atoms with Gasteiger partial charge in [-0.3, -0.25) is 0 Å². The lowest BCUT2D eigenvalue weighted by atomic mass is 9.99. The normalized spacial score (nSPS) is 19.6. The summed E-state index contributed by atoms with van der Waals surface area (Å²) in [5, 5.41) is 4.19. The van der Waals surface area contributed by atoms with Gasteiger partial charge in [-0.05, 0) is 61.7 Å². The molecule has 4 nitrogen and oxygen atoms in total. The number of nitrogens with zero attached hydrogens (tertiary/aromatic N) is 1. The molecule has 146 valence electrons. The zero-order valence-corrected chi connectivity index (χ0v) is 17.4. The molecular formula is C22H32N3OS+. The van der Waals surface area contributed by atoms with Gasteiger partial charge in [0.25, 0.3) is 0 Å². The molecule has 5 heteroatoms. The van der Waals surface area contributed by atoms with E-state index in [1.165, 1.54) is 38.0 Å². The second-order valence-electron chi connectivity index (χ2n) is 7.78. The summed E-state index contributed by atoms with van der Waals surface area (Å²) in [7, 11) is 0. The zero-order chi connectivity index (χ0) is 19.1. The maximum atomic E-state index is 5.74. The van der Waals surface area contributed by atoms with E-state index in [0.717, 1.165) is 35.4 Å². The number of nitrogens with one attached hydrogen (secondary N) is 2. The Hall–Kier alpha value is -1.85. The topological polar surface area (TPSA) is 32.9 Å². The molecule has 1 aliphatic heterocycles. The summed E-state index contributed by atoms with van der Waals surface area (Å²) in [6.07, 6.45) is 5.59. The van der Waals surface area contributed by atoms with Crippen LogP contribution in [0.5, 0.6) is 0 Å². The summed E-state index contributed by atoms with van der Waals surface area (Å²) in [6, 6.07) is 12.2. The lowest BCUT2D eigenvalue weighted by molar-refractivity contribution is -0.906. The SMILES string of the molecule is Cc1ccccc1NC(=S)N(CCC[NH+]1CCC(C)CC1)Cc1ccco1. The van der Waals surface area contributed by atoms with E-state index in [-0.39, 0.29) is 0 Å². The number of likely N-dealkylation sites (tertiary alicyclic amines) is 1. The first-order chi connectivity index (χ1) is 13.1. The molecule has 2 heterocycles. The minimum absolute atomic E-state index is 0.705. The molecule has 1 aromatic heterocycles. The van der Waals surface area contributed by atoms with Gasteiger partial charge in [-0.15, -0.1) is 0 Å². The van der Waals surface area contributed by atoms with Gasteiger partial charge in [0.15, 0.2) is 5.11 Å². The molecular weight excluding hydrogens is 354 g/mol. The molecule has 2 N–H and O–H groups in total. The van der Waals surface area contributed by atoms with Crippen molar-refractivity contribution in [1.29, 1.82) is 0 Å². The summed E-state index contributed by atoms with van der Waals surface area (Å²) in [4.78, 5) is 3.97. The summed E-state index contributed by atoms with van der Waals surface area (Å²) in [6.45, 7) is 9.96. The van der Waals surface area contributed by atoms with Gasteiger partial charge < -0.3 is 19.5 Å². The second-order valence-corrected chi connectivity index (χ2v) is 8.17. The smallest absolute Gasteiger partial charge is 0.173 e. The molecule has 1 aliphatic rings. The summed E-state index contributed by atoms with van der Waals surface area (Å²) >= 11 is 5.74. The summed E-state index contributed by atoms with van der Waals surface area (Å²) < 4.78 is 5.56. The van der Waals surface area contributed by atoms with Crippen LogP contribution in [-0.2, 0) is 6.54 Å². The van der Waals surface area contributed by atoms with Crippen molar-refractivity contribution in [3.05, 3.63) is 54.0 Å². The van der Waals surface area contributed by atoms with Gasteiger partial charge >= 0.3 is 0 Å². The van der Waals surface area contributed by atoms with Gasteiger partial charge in [0.1, 0.15) is 5.76 Å². The number of hydrogen-bond donors (Lipinski definition) is 2. The third kappa shape index (κ3) is 6.08. The number of anilines is 1. The van der Waals surface area contributed by atoms with Crippen molar-refractivity contribution in [2.45, 2.75) is 39.7 Å². The van der Waals surface area contributed by atoms with Crippen LogP contribution in [0.15, 0.2) is 47.1 Å². The van der Waals surface area contributed by atoms with Crippen molar-refractivity contribution < 1.29 is 9.32 Å². The van der Waals surface area contributed by atoms with Gasteiger partial charge in [0, 0.05) is 18.7 Å². The van der Waals surface area contributed by atoms with E-state index in [2.05, 4.69) is 36.2 Å². The quantitative estimate of drug-likeness (QED) is 0.714. The Morgan fingerprint density at radius 2 is 2.00 bits per heavy atom. The van der Waals surface area contributed by atoms with Crippen molar-refractivity contribution in [2.24, 2.45) is 5.92 Å². The maximum absolute atomic E-state index is 5.74. The van der Waals surface area contributed by atoms with Crippen LogP contribution in [-0.4, -0.2) is 36.2 Å². The van der Waals surface area contributed by atoms with Crippen molar-refractivity contribution in [1.82, 2.24) is 4.90 Å². The second kappa shape index (κ2) is 9.90. The first-order valence-electron chi connectivity index (χ1n) is 10.1. The molecule has 0 spiro atoms. The van der Waals surface area contributed by atoms with E-state index in [4.69, 9.17) is 16.6 Å². The highest BCUT2D eigenvalue weighted by Crippen LogP contribution is 2.15. The van der Waals surface area contributed by atoms with Crippen LogP contribution in [0.4, 0.5) is 5.69 Å². The van der Waals surface area contributed by atoms with Crippen molar-refractivity contribution in [3.8, 4) is 0 Å². The standard InChI is InChI=1S/C22H31N3OS/c1-18-10-14-24(15-11-18)12-6-13-25(17-20-8-5-16-26-20)22(27)23-21-9-4-3-7-19(21)2/h3-5,7-9,16,18H,6,10-15,17H2,1-2H3,(H,23,27)/p+1. The predicted molar refractivity (Wildman–Crippen MR) is 115 cm³/mol. The third-order valence-electron chi connectivity index (χ3n) is 5.54. The number of furan rings is 1. The van der Waals surface area contributed by atoms with E-state index >= 15 is 0 Å². The molecule has 0 aliphatic carbocycles. The first-order valence-corrected chi connectivity index (χ1v) is 10.5. The molecule has 0 unspecified atom stereocenters. The van der Waals surface area contributed by atoms with E-state index in [1.807, 2.05) is 24.3 Å². The number of rotatable bonds is 7. The lowest BCUT2D eigenvalue weighted by Crippen LogP contribution is -3.13. The molecule has 1 saturated heterocycles. The van der Waals surface area contributed by atoms with Gasteiger partial charge in [-0.2, -0.15) is 0 Å². The Morgan fingerprint density at radius 3 is 2.70 bits per heavy atom. The number of thiocarbonyl (C=S) groups is 1. The number of benzene rings is 1. The highest BCUT2D eigenvalue weighted by molar-refractivity contribution is 7.80. The van der Waals surface area contributed by atoms with Gasteiger partial charge in [-0.25, -0.2) is 0 Å². The Kier molecular flexibility index (Phi) is 7.30. The number of piperidine rings is 1.